The van der Waals surface area contributed by atoms with Crippen LogP contribution in [0.25, 0.3) is 0 Å². The Balaban J connectivity index is 3.52. The summed E-state index contributed by atoms with van der Waals surface area (Å²) in [6, 6.07) is 0.861. The Hall–Kier alpha value is 0.147. The summed E-state index contributed by atoms with van der Waals surface area (Å²) in [4.78, 5) is 0. The highest BCUT2D eigenvalue weighted by atomic mass is 28.3. The predicted octanol–water partition coefficient (Wildman–Crippen LogP) is 3.28. The van der Waals surface area contributed by atoms with E-state index in [-0.39, 0.29) is 5.04 Å². The third-order valence-electron chi connectivity index (χ3n) is 1.75. The Kier molecular flexibility index (Phi) is 4.18. The highest BCUT2D eigenvalue weighted by Gasteiger charge is 2.25. The van der Waals surface area contributed by atoms with E-state index >= 15 is 0 Å². The summed E-state index contributed by atoms with van der Waals surface area (Å²) in [7, 11) is -1.91. The van der Waals surface area contributed by atoms with Crippen LogP contribution in [0.1, 0.15) is 40.5 Å². The van der Waals surface area contributed by atoms with Gasteiger partial charge in [0, 0.05) is 0 Å². The van der Waals surface area contributed by atoms with Gasteiger partial charge in [0.15, 0.2) is 0 Å². The van der Waals surface area contributed by atoms with Crippen molar-refractivity contribution in [3.63, 3.8) is 0 Å². The van der Waals surface area contributed by atoms with E-state index in [9.17, 15) is 4.11 Å². The Bertz CT molecular complexity index is 85.7. The minimum Gasteiger partial charge on any atom is -0.318 e. The highest BCUT2D eigenvalue weighted by Crippen LogP contribution is 2.30. The summed E-state index contributed by atoms with van der Waals surface area (Å²) in [5.41, 5.74) is 0. The van der Waals surface area contributed by atoms with E-state index in [4.69, 9.17) is 0 Å². The van der Waals surface area contributed by atoms with Crippen LogP contribution in [0.5, 0.6) is 0 Å². The molecule has 0 nitrogen and oxygen atoms in total. The van der Waals surface area contributed by atoms with Crippen molar-refractivity contribution < 1.29 is 4.11 Å². The van der Waals surface area contributed by atoms with Gasteiger partial charge in [-0.2, -0.15) is 0 Å². The molecule has 1 atom stereocenters. The van der Waals surface area contributed by atoms with Gasteiger partial charge in [0.2, 0.25) is 9.13 Å². The van der Waals surface area contributed by atoms with Gasteiger partial charge in [0.05, 0.1) is 0 Å². The molecule has 0 saturated carbocycles. The zero-order valence-corrected chi connectivity index (χ0v) is 8.73. The summed E-state index contributed by atoms with van der Waals surface area (Å²) < 4.78 is 13.2. The average Bonchev–Trinajstić information content (AvgIpc) is 1.80. The van der Waals surface area contributed by atoms with Gasteiger partial charge in [0.1, 0.15) is 0 Å². The second kappa shape index (κ2) is 4.11. The summed E-state index contributed by atoms with van der Waals surface area (Å²) in [5, 5.41) is -0.0187. The first-order valence-electron chi connectivity index (χ1n) is 4.12. The molecule has 2 heteroatoms. The van der Waals surface area contributed by atoms with E-state index in [0.717, 1.165) is 18.9 Å². The summed E-state index contributed by atoms with van der Waals surface area (Å²) >= 11 is 0. The monoisotopic (exact) mass is 162 g/mol. The highest BCUT2D eigenvalue weighted by molar-refractivity contribution is 6.54. The molecule has 0 heterocycles. The fourth-order valence-corrected chi connectivity index (χ4v) is 2.45. The van der Waals surface area contributed by atoms with Crippen molar-refractivity contribution in [2.24, 2.45) is 0 Å². The third-order valence-corrected chi connectivity index (χ3v) is 4.55. The van der Waals surface area contributed by atoms with Crippen molar-refractivity contribution >= 4 is 9.13 Å². The number of unbranched alkanes of at least 4 members (excludes halogenated alkanes) is 1. The summed E-state index contributed by atoms with van der Waals surface area (Å²) in [6.45, 7) is 8.16. The lowest BCUT2D eigenvalue weighted by Gasteiger charge is -2.21. The number of hydrogen-bond acceptors (Lipinski definition) is 0. The van der Waals surface area contributed by atoms with E-state index < -0.39 is 9.13 Å². The van der Waals surface area contributed by atoms with Gasteiger partial charge in [0.25, 0.3) is 0 Å². The molecule has 0 bridgehead atoms. The molecule has 0 radical (unpaired) electrons. The fourth-order valence-electron chi connectivity index (χ4n) is 0.816. The molecule has 0 aromatic heterocycles. The van der Waals surface area contributed by atoms with Gasteiger partial charge < -0.3 is 4.11 Å². The maximum absolute atomic E-state index is 13.2. The van der Waals surface area contributed by atoms with E-state index in [0.29, 0.717) is 0 Å². The van der Waals surface area contributed by atoms with Crippen molar-refractivity contribution in [2.45, 2.75) is 51.6 Å². The molecule has 0 aromatic rings. The molecule has 0 saturated heterocycles. The first-order chi connectivity index (χ1) is 4.48. The molecule has 0 aromatic carbocycles. The van der Waals surface area contributed by atoms with E-state index in [1.807, 2.05) is 20.8 Å². The SMILES string of the molecule is CCCC[SiH](F)C(C)(C)C. The average molecular weight is 162 g/mol. The van der Waals surface area contributed by atoms with Crippen LogP contribution >= 0.6 is 0 Å². The molecule has 0 spiro atoms. The minimum absolute atomic E-state index is 0.0187. The Morgan fingerprint density at radius 1 is 1.30 bits per heavy atom. The number of rotatable bonds is 3. The minimum atomic E-state index is -1.91. The van der Waals surface area contributed by atoms with E-state index in [2.05, 4.69) is 6.92 Å². The molecule has 10 heavy (non-hydrogen) atoms. The quantitative estimate of drug-likeness (QED) is 0.441. The molecule has 62 valence electrons. The van der Waals surface area contributed by atoms with Crippen molar-refractivity contribution in [1.29, 1.82) is 0 Å². The second-order valence-corrected chi connectivity index (χ2v) is 7.22. The molecule has 0 fully saturated rings. The van der Waals surface area contributed by atoms with Crippen molar-refractivity contribution in [2.75, 3.05) is 0 Å². The first-order valence-corrected chi connectivity index (χ1v) is 5.95. The molecule has 0 N–H and O–H groups in total. The molecular weight excluding hydrogens is 143 g/mol. The summed E-state index contributed by atoms with van der Waals surface area (Å²) in [5.74, 6) is 0. The molecule has 0 amide bonds. The van der Waals surface area contributed by atoms with Crippen LogP contribution in [0.15, 0.2) is 0 Å². The van der Waals surface area contributed by atoms with Crippen LogP contribution in [0.3, 0.4) is 0 Å². The standard InChI is InChI=1S/C8H19FSi/c1-5-6-7-10(9)8(2,3)4/h10H,5-7H2,1-4H3. The number of halogens is 1. The molecule has 1 unspecified atom stereocenters. The Morgan fingerprint density at radius 2 is 1.80 bits per heavy atom. The van der Waals surface area contributed by atoms with Crippen molar-refractivity contribution in [1.82, 2.24) is 0 Å². The maximum atomic E-state index is 13.2. The van der Waals surface area contributed by atoms with Crippen molar-refractivity contribution in [3.8, 4) is 0 Å². The lowest BCUT2D eigenvalue weighted by Crippen LogP contribution is -2.19. The maximum Gasteiger partial charge on any atom is 0.237 e. The topological polar surface area (TPSA) is 0 Å². The zero-order valence-electron chi connectivity index (χ0n) is 7.58. The fraction of sp³-hybridized carbons (Fsp3) is 1.00. The van der Waals surface area contributed by atoms with Crippen LogP contribution in [0, 0.1) is 0 Å². The van der Waals surface area contributed by atoms with E-state index in [1.165, 1.54) is 0 Å². The van der Waals surface area contributed by atoms with Gasteiger partial charge in [-0.25, -0.2) is 0 Å². The van der Waals surface area contributed by atoms with Gasteiger partial charge in [-0.1, -0.05) is 40.5 Å². The van der Waals surface area contributed by atoms with Crippen LogP contribution in [-0.2, 0) is 0 Å². The molecule has 0 aliphatic heterocycles. The normalized spacial score (nSPS) is 15.3. The largest absolute Gasteiger partial charge is 0.318 e. The third kappa shape index (κ3) is 4.04. The second-order valence-electron chi connectivity index (χ2n) is 3.98. The predicted molar refractivity (Wildman–Crippen MR) is 47.7 cm³/mol. The molecular formula is C8H19FSi. The van der Waals surface area contributed by atoms with Crippen LogP contribution in [0.4, 0.5) is 4.11 Å². The van der Waals surface area contributed by atoms with Crippen molar-refractivity contribution in [3.05, 3.63) is 0 Å². The lowest BCUT2D eigenvalue weighted by atomic mass is 10.2. The molecule has 0 aliphatic rings. The summed E-state index contributed by atoms with van der Waals surface area (Å²) in [6.07, 6.45) is 2.20. The smallest absolute Gasteiger partial charge is 0.237 e. The molecule has 0 aliphatic carbocycles. The van der Waals surface area contributed by atoms with Gasteiger partial charge in [-0.05, 0) is 11.1 Å². The Labute approximate surface area is 65.6 Å². The lowest BCUT2D eigenvalue weighted by molar-refractivity contribution is 0.632. The van der Waals surface area contributed by atoms with Gasteiger partial charge in [-0.3, -0.25) is 0 Å². The molecule has 0 rings (SSSR count). The zero-order chi connectivity index (χ0) is 8.20. The van der Waals surface area contributed by atoms with Crippen LogP contribution in [0.2, 0.25) is 11.1 Å². The van der Waals surface area contributed by atoms with E-state index in [1.54, 1.807) is 0 Å². The number of hydrogen-bond donors (Lipinski definition) is 0. The van der Waals surface area contributed by atoms with Gasteiger partial charge in [-0.15, -0.1) is 0 Å². The Morgan fingerprint density at radius 3 is 2.10 bits per heavy atom. The first kappa shape index (κ1) is 10.1. The van der Waals surface area contributed by atoms with Crippen LogP contribution < -0.4 is 0 Å². The van der Waals surface area contributed by atoms with Crippen LogP contribution in [-0.4, -0.2) is 9.13 Å². The van der Waals surface area contributed by atoms with Gasteiger partial charge >= 0.3 is 0 Å².